The summed E-state index contributed by atoms with van der Waals surface area (Å²) in [5, 5.41) is 0. The summed E-state index contributed by atoms with van der Waals surface area (Å²) in [6.07, 6.45) is 4.49. The highest BCUT2D eigenvalue weighted by Gasteiger charge is 2.29. The SMILES string of the molecule is CCCC1CCOC1C(C)C. The first-order chi connectivity index (χ1) is 5.25. The molecule has 0 aromatic rings. The third kappa shape index (κ3) is 2.19. The predicted octanol–water partition coefficient (Wildman–Crippen LogP) is 2.85. The van der Waals surface area contributed by atoms with Gasteiger partial charge in [0.25, 0.3) is 0 Å². The summed E-state index contributed by atoms with van der Waals surface area (Å²) in [5.41, 5.74) is 0. The van der Waals surface area contributed by atoms with Gasteiger partial charge in [0.2, 0.25) is 0 Å². The van der Waals surface area contributed by atoms with Crippen LogP contribution in [0, 0.1) is 11.8 Å². The van der Waals surface area contributed by atoms with E-state index in [-0.39, 0.29) is 0 Å². The molecular weight excluding hydrogens is 136 g/mol. The molecule has 0 radical (unpaired) electrons. The van der Waals surface area contributed by atoms with Gasteiger partial charge in [-0.2, -0.15) is 0 Å². The second-order valence-electron chi connectivity index (χ2n) is 3.92. The fraction of sp³-hybridized carbons (Fsp3) is 1.00. The highest BCUT2D eigenvalue weighted by Crippen LogP contribution is 2.29. The Hall–Kier alpha value is -0.0400. The van der Waals surface area contributed by atoms with Crippen LogP contribution in [0.15, 0.2) is 0 Å². The Morgan fingerprint density at radius 2 is 2.18 bits per heavy atom. The summed E-state index contributed by atoms with van der Waals surface area (Å²) in [4.78, 5) is 0. The van der Waals surface area contributed by atoms with Crippen molar-refractivity contribution >= 4 is 0 Å². The lowest BCUT2D eigenvalue weighted by atomic mass is 9.90. The van der Waals surface area contributed by atoms with E-state index >= 15 is 0 Å². The molecule has 1 saturated heterocycles. The van der Waals surface area contributed by atoms with Crippen molar-refractivity contribution in [2.24, 2.45) is 11.8 Å². The van der Waals surface area contributed by atoms with E-state index in [1.54, 1.807) is 0 Å². The van der Waals surface area contributed by atoms with Crippen LogP contribution in [-0.4, -0.2) is 12.7 Å². The van der Waals surface area contributed by atoms with Gasteiger partial charge in [0, 0.05) is 6.61 Å². The van der Waals surface area contributed by atoms with Gasteiger partial charge >= 0.3 is 0 Å². The van der Waals surface area contributed by atoms with Crippen molar-refractivity contribution in [2.75, 3.05) is 6.61 Å². The molecule has 66 valence electrons. The highest BCUT2D eigenvalue weighted by atomic mass is 16.5. The second-order valence-corrected chi connectivity index (χ2v) is 3.92. The largest absolute Gasteiger partial charge is 0.378 e. The maximum Gasteiger partial charge on any atom is 0.0626 e. The van der Waals surface area contributed by atoms with Crippen LogP contribution < -0.4 is 0 Å². The fourth-order valence-electron chi connectivity index (χ4n) is 2.07. The molecule has 0 amide bonds. The number of ether oxygens (including phenoxy) is 1. The van der Waals surface area contributed by atoms with Gasteiger partial charge in [0.1, 0.15) is 0 Å². The normalized spacial score (nSPS) is 31.6. The topological polar surface area (TPSA) is 9.23 Å². The molecule has 2 atom stereocenters. The minimum absolute atomic E-state index is 0.551. The van der Waals surface area contributed by atoms with Crippen molar-refractivity contribution in [3.05, 3.63) is 0 Å². The van der Waals surface area contributed by atoms with Crippen LogP contribution in [0.3, 0.4) is 0 Å². The van der Waals surface area contributed by atoms with Crippen molar-refractivity contribution in [1.29, 1.82) is 0 Å². The van der Waals surface area contributed by atoms with Gasteiger partial charge in [0.05, 0.1) is 6.10 Å². The Labute approximate surface area is 70.1 Å². The van der Waals surface area contributed by atoms with Crippen LogP contribution in [0.1, 0.15) is 40.0 Å². The van der Waals surface area contributed by atoms with E-state index in [0.717, 1.165) is 12.5 Å². The van der Waals surface area contributed by atoms with Crippen LogP contribution >= 0.6 is 0 Å². The zero-order valence-corrected chi connectivity index (χ0v) is 7.97. The molecule has 0 aliphatic carbocycles. The van der Waals surface area contributed by atoms with Crippen LogP contribution in [0.4, 0.5) is 0 Å². The molecule has 0 aromatic carbocycles. The number of hydrogen-bond acceptors (Lipinski definition) is 1. The first-order valence-electron chi connectivity index (χ1n) is 4.87. The zero-order chi connectivity index (χ0) is 8.27. The summed E-state index contributed by atoms with van der Waals surface area (Å²) in [6, 6.07) is 0. The van der Waals surface area contributed by atoms with E-state index in [1.807, 2.05) is 0 Å². The standard InChI is InChI=1S/C10H20O/c1-4-5-9-6-7-11-10(9)8(2)3/h8-10H,4-7H2,1-3H3. The number of hydrogen-bond donors (Lipinski definition) is 0. The van der Waals surface area contributed by atoms with Gasteiger partial charge in [-0.15, -0.1) is 0 Å². The molecule has 0 bridgehead atoms. The van der Waals surface area contributed by atoms with E-state index in [9.17, 15) is 0 Å². The molecule has 1 nitrogen and oxygen atoms in total. The molecule has 0 spiro atoms. The molecule has 1 rings (SSSR count). The average Bonchev–Trinajstić information content (AvgIpc) is 2.36. The molecule has 0 N–H and O–H groups in total. The summed E-state index contributed by atoms with van der Waals surface area (Å²) < 4.78 is 5.68. The lowest BCUT2D eigenvalue weighted by Crippen LogP contribution is -2.22. The first kappa shape index (κ1) is 9.05. The van der Waals surface area contributed by atoms with Gasteiger partial charge in [-0.05, 0) is 24.7 Å². The van der Waals surface area contributed by atoms with Gasteiger partial charge in [0.15, 0.2) is 0 Å². The van der Waals surface area contributed by atoms with E-state index in [1.165, 1.54) is 19.3 Å². The van der Waals surface area contributed by atoms with Crippen molar-refractivity contribution in [1.82, 2.24) is 0 Å². The Morgan fingerprint density at radius 1 is 1.45 bits per heavy atom. The minimum atomic E-state index is 0.551. The summed E-state index contributed by atoms with van der Waals surface area (Å²) in [6.45, 7) is 7.78. The van der Waals surface area contributed by atoms with E-state index < -0.39 is 0 Å². The molecule has 1 aliphatic rings. The first-order valence-corrected chi connectivity index (χ1v) is 4.87. The average molecular weight is 156 g/mol. The highest BCUT2D eigenvalue weighted by molar-refractivity contribution is 4.78. The van der Waals surface area contributed by atoms with Crippen molar-refractivity contribution in [2.45, 2.75) is 46.1 Å². The van der Waals surface area contributed by atoms with E-state index in [4.69, 9.17) is 4.74 Å². The van der Waals surface area contributed by atoms with Crippen molar-refractivity contribution in [3.8, 4) is 0 Å². The smallest absolute Gasteiger partial charge is 0.0626 e. The van der Waals surface area contributed by atoms with Gasteiger partial charge < -0.3 is 4.74 Å². The van der Waals surface area contributed by atoms with Crippen molar-refractivity contribution in [3.63, 3.8) is 0 Å². The molecule has 1 fully saturated rings. The van der Waals surface area contributed by atoms with Gasteiger partial charge in [-0.1, -0.05) is 27.2 Å². The maximum atomic E-state index is 5.68. The van der Waals surface area contributed by atoms with Gasteiger partial charge in [-0.3, -0.25) is 0 Å². The lowest BCUT2D eigenvalue weighted by Gasteiger charge is -2.21. The van der Waals surface area contributed by atoms with Crippen LogP contribution in [0.5, 0.6) is 0 Å². The fourth-order valence-corrected chi connectivity index (χ4v) is 2.07. The second kappa shape index (κ2) is 4.10. The van der Waals surface area contributed by atoms with Crippen LogP contribution in [-0.2, 0) is 4.74 Å². The third-order valence-corrected chi connectivity index (χ3v) is 2.58. The van der Waals surface area contributed by atoms with Crippen molar-refractivity contribution < 1.29 is 4.74 Å². The lowest BCUT2D eigenvalue weighted by molar-refractivity contribution is 0.0520. The molecule has 2 unspecified atom stereocenters. The molecule has 0 saturated carbocycles. The Balaban J connectivity index is 2.37. The molecular formula is C10H20O. The maximum absolute atomic E-state index is 5.68. The predicted molar refractivity (Wildman–Crippen MR) is 47.6 cm³/mol. The monoisotopic (exact) mass is 156 g/mol. The molecule has 0 aromatic heterocycles. The Bertz CT molecular complexity index is 109. The summed E-state index contributed by atoms with van der Waals surface area (Å²) in [7, 11) is 0. The van der Waals surface area contributed by atoms with E-state index in [2.05, 4.69) is 20.8 Å². The summed E-state index contributed by atoms with van der Waals surface area (Å²) >= 11 is 0. The molecule has 1 heterocycles. The minimum Gasteiger partial charge on any atom is -0.378 e. The number of rotatable bonds is 3. The van der Waals surface area contributed by atoms with Crippen LogP contribution in [0.25, 0.3) is 0 Å². The quantitative estimate of drug-likeness (QED) is 0.610. The van der Waals surface area contributed by atoms with E-state index in [0.29, 0.717) is 12.0 Å². The van der Waals surface area contributed by atoms with Gasteiger partial charge in [-0.25, -0.2) is 0 Å². The molecule has 1 heteroatoms. The Morgan fingerprint density at radius 3 is 2.73 bits per heavy atom. The summed E-state index contributed by atoms with van der Waals surface area (Å²) in [5.74, 6) is 1.55. The zero-order valence-electron chi connectivity index (χ0n) is 7.97. The van der Waals surface area contributed by atoms with Crippen LogP contribution in [0.2, 0.25) is 0 Å². The molecule has 1 aliphatic heterocycles. The molecule has 11 heavy (non-hydrogen) atoms. The third-order valence-electron chi connectivity index (χ3n) is 2.58. The Kier molecular flexibility index (Phi) is 3.38.